The average Bonchev–Trinajstić information content (AvgIpc) is 2.74. The molecule has 16 heavy (non-hydrogen) atoms. The minimum absolute atomic E-state index is 0.0625. The van der Waals surface area contributed by atoms with E-state index in [9.17, 15) is 4.79 Å². The minimum Gasteiger partial charge on any atom is -0.348 e. The largest absolute Gasteiger partial charge is 0.348 e. The summed E-state index contributed by atoms with van der Waals surface area (Å²) in [6, 6.07) is 0. The van der Waals surface area contributed by atoms with Gasteiger partial charge >= 0.3 is 0 Å². The van der Waals surface area contributed by atoms with Crippen LogP contribution in [0.25, 0.3) is 0 Å². The molecule has 0 unspecified atom stereocenters. The topological polar surface area (TPSA) is 59.0 Å². The number of nitrogens with one attached hydrogen (secondary N) is 2. The van der Waals surface area contributed by atoms with Gasteiger partial charge in [-0.1, -0.05) is 11.6 Å². The first-order valence-corrected chi connectivity index (χ1v) is 5.41. The molecule has 2 heterocycles. The Bertz CT molecular complexity index is 408. The van der Waals surface area contributed by atoms with E-state index in [0.29, 0.717) is 12.1 Å². The fourth-order valence-corrected chi connectivity index (χ4v) is 1.66. The van der Waals surface area contributed by atoms with Crippen LogP contribution in [-0.2, 0) is 7.05 Å². The van der Waals surface area contributed by atoms with E-state index in [4.69, 9.17) is 0 Å². The highest BCUT2D eigenvalue weighted by molar-refractivity contribution is 5.93. The van der Waals surface area contributed by atoms with Crippen molar-refractivity contribution in [2.75, 3.05) is 19.6 Å². The lowest BCUT2D eigenvalue weighted by molar-refractivity contribution is 0.0956. The molecule has 2 N–H and O–H groups in total. The van der Waals surface area contributed by atoms with Gasteiger partial charge < -0.3 is 10.6 Å². The highest BCUT2D eigenvalue weighted by atomic mass is 16.1. The average molecular weight is 220 g/mol. The monoisotopic (exact) mass is 220 g/mol. The van der Waals surface area contributed by atoms with Crippen LogP contribution in [0.5, 0.6) is 0 Å². The van der Waals surface area contributed by atoms with Crippen LogP contribution >= 0.6 is 0 Å². The van der Waals surface area contributed by atoms with E-state index in [0.717, 1.165) is 19.5 Å². The van der Waals surface area contributed by atoms with Gasteiger partial charge in [-0.25, -0.2) is 0 Å². The maximum atomic E-state index is 11.7. The van der Waals surface area contributed by atoms with Crippen LogP contribution in [0.2, 0.25) is 0 Å². The van der Waals surface area contributed by atoms with Crippen LogP contribution in [0.15, 0.2) is 24.0 Å². The van der Waals surface area contributed by atoms with Gasteiger partial charge in [0.15, 0.2) is 0 Å². The first-order valence-electron chi connectivity index (χ1n) is 5.41. The second-order valence-electron chi connectivity index (χ2n) is 3.90. The third-order valence-corrected chi connectivity index (χ3v) is 2.60. The number of aryl methyl sites for hydroxylation is 1. The predicted octanol–water partition coefficient (Wildman–Crippen LogP) is 0.0696. The van der Waals surface area contributed by atoms with Gasteiger partial charge in [0.2, 0.25) is 0 Å². The van der Waals surface area contributed by atoms with Gasteiger partial charge in [0.25, 0.3) is 5.91 Å². The number of carbonyl (C=O) groups excluding carboxylic acids is 1. The summed E-state index contributed by atoms with van der Waals surface area (Å²) in [4.78, 5) is 11.7. The maximum Gasteiger partial charge on any atom is 0.254 e. The normalized spacial score (nSPS) is 15.7. The van der Waals surface area contributed by atoms with Crippen molar-refractivity contribution in [1.29, 1.82) is 0 Å². The minimum atomic E-state index is -0.0625. The summed E-state index contributed by atoms with van der Waals surface area (Å²) < 4.78 is 1.62. The quantitative estimate of drug-likeness (QED) is 0.709. The Morgan fingerprint density at radius 3 is 3.19 bits per heavy atom. The molecule has 0 fully saturated rings. The van der Waals surface area contributed by atoms with Crippen molar-refractivity contribution in [1.82, 2.24) is 20.4 Å². The first-order chi connectivity index (χ1) is 7.75. The Kier molecular flexibility index (Phi) is 3.36. The number of amides is 1. The molecule has 1 amide bonds. The van der Waals surface area contributed by atoms with Gasteiger partial charge in [-0.05, 0) is 13.0 Å². The molecule has 1 aromatic heterocycles. The maximum absolute atomic E-state index is 11.7. The summed E-state index contributed by atoms with van der Waals surface area (Å²) in [5.74, 6) is -0.0625. The molecule has 0 saturated heterocycles. The molecule has 0 spiro atoms. The zero-order chi connectivity index (χ0) is 11.4. The Morgan fingerprint density at radius 2 is 2.56 bits per heavy atom. The summed E-state index contributed by atoms with van der Waals surface area (Å²) in [6.07, 6.45) is 6.43. The smallest absolute Gasteiger partial charge is 0.254 e. The standard InChI is InChI=1S/C11H16N4O/c1-15-8-10(7-14-15)11(16)13-6-9-2-4-12-5-3-9/h2,7-8,12H,3-6H2,1H3,(H,13,16). The van der Waals surface area contributed by atoms with Crippen LogP contribution < -0.4 is 10.6 Å². The molecule has 0 bridgehead atoms. The SMILES string of the molecule is Cn1cc(C(=O)NCC2=CCNCC2)cn1. The van der Waals surface area contributed by atoms with E-state index in [-0.39, 0.29) is 5.91 Å². The van der Waals surface area contributed by atoms with E-state index in [1.807, 2.05) is 0 Å². The van der Waals surface area contributed by atoms with Gasteiger partial charge in [-0.2, -0.15) is 5.10 Å². The fraction of sp³-hybridized carbons (Fsp3) is 0.455. The third kappa shape index (κ3) is 2.70. The number of rotatable bonds is 3. The molecule has 0 saturated carbocycles. The molecule has 0 atom stereocenters. The Hall–Kier alpha value is -1.62. The molecular weight excluding hydrogens is 204 g/mol. The number of carbonyl (C=O) groups is 1. The fourth-order valence-electron chi connectivity index (χ4n) is 1.66. The molecule has 0 radical (unpaired) electrons. The van der Waals surface area contributed by atoms with Gasteiger partial charge in [-0.3, -0.25) is 9.48 Å². The van der Waals surface area contributed by atoms with Crippen LogP contribution in [-0.4, -0.2) is 35.3 Å². The molecule has 0 aromatic carbocycles. The summed E-state index contributed by atoms with van der Waals surface area (Å²) in [5, 5.41) is 10.1. The lowest BCUT2D eigenvalue weighted by Gasteiger charge is -2.14. The second kappa shape index (κ2) is 4.94. The van der Waals surface area contributed by atoms with E-state index in [2.05, 4.69) is 21.8 Å². The molecule has 86 valence electrons. The van der Waals surface area contributed by atoms with Crippen LogP contribution in [0.1, 0.15) is 16.8 Å². The van der Waals surface area contributed by atoms with E-state index >= 15 is 0 Å². The van der Waals surface area contributed by atoms with Crippen molar-refractivity contribution in [3.63, 3.8) is 0 Å². The zero-order valence-corrected chi connectivity index (χ0v) is 9.36. The lowest BCUT2D eigenvalue weighted by atomic mass is 10.1. The van der Waals surface area contributed by atoms with E-state index < -0.39 is 0 Å². The van der Waals surface area contributed by atoms with Crippen molar-refractivity contribution in [3.05, 3.63) is 29.6 Å². The summed E-state index contributed by atoms with van der Waals surface area (Å²) >= 11 is 0. The molecule has 2 rings (SSSR count). The van der Waals surface area contributed by atoms with Crippen molar-refractivity contribution in [2.24, 2.45) is 7.05 Å². The van der Waals surface area contributed by atoms with Crippen molar-refractivity contribution >= 4 is 5.91 Å². The number of hydrogen-bond acceptors (Lipinski definition) is 3. The summed E-state index contributed by atoms with van der Waals surface area (Å²) in [5.41, 5.74) is 1.90. The molecular formula is C11H16N4O. The highest BCUT2D eigenvalue weighted by Crippen LogP contribution is 2.03. The van der Waals surface area contributed by atoms with Crippen molar-refractivity contribution < 1.29 is 4.79 Å². The number of hydrogen-bond donors (Lipinski definition) is 2. The predicted molar refractivity (Wildman–Crippen MR) is 61.1 cm³/mol. The molecule has 1 aromatic rings. The first kappa shape index (κ1) is 10.9. The van der Waals surface area contributed by atoms with Crippen LogP contribution in [0.3, 0.4) is 0 Å². The molecule has 1 aliphatic heterocycles. The third-order valence-electron chi connectivity index (χ3n) is 2.60. The van der Waals surface area contributed by atoms with Gasteiger partial charge in [0, 0.05) is 26.3 Å². The summed E-state index contributed by atoms with van der Waals surface area (Å²) in [7, 11) is 1.80. The molecule has 5 nitrogen and oxygen atoms in total. The Morgan fingerprint density at radius 1 is 1.69 bits per heavy atom. The Labute approximate surface area is 94.5 Å². The highest BCUT2D eigenvalue weighted by Gasteiger charge is 2.08. The van der Waals surface area contributed by atoms with E-state index in [1.165, 1.54) is 5.57 Å². The Balaban J connectivity index is 1.86. The lowest BCUT2D eigenvalue weighted by Crippen LogP contribution is -2.29. The molecule has 0 aliphatic carbocycles. The van der Waals surface area contributed by atoms with Crippen LogP contribution in [0.4, 0.5) is 0 Å². The van der Waals surface area contributed by atoms with Gasteiger partial charge in [0.05, 0.1) is 11.8 Å². The second-order valence-corrected chi connectivity index (χ2v) is 3.90. The number of nitrogens with zero attached hydrogens (tertiary/aromatic N) is 2. The molecule has 1 aliphatic rings. The van der Waals surface area contributed by atoms with Crippen molar-refractivity contribution in [3.8, 4) is 0 Å². The number of aromatic nitrogens is 2. The van der Waals surface area contributed by atoms with Crippen LogP contribution in [0, 0.1) is 0 Å². The zero-order valence-electron chi connectivity index (χ0n) is 9.36. The van der Waals surface area contributed by atoms with E-state index in [1.54, 1.807) is 24.1 Å². The van der Waals surface area contributed by atoms with Gasteiger partial charge in [0.1, 0.15) is 0 Å². The molecule has 5 heteroatoms. The van der Waals surface area contributed by atoms with Gasteiger partial charge in [-0.15, -0.1) is 0 Å². The summed E-state index contributed by atoms with van der Waals surface area (Å²) in [6.45, 7) is 2.53. The van der Waals surface area contributed by atoms with Crippen molar-refractivity contribution in [2.45, 2.75) is 6.42 Å².